The van der Waals surface area contributed by atoms with Crippen molar-refractivity contribution in [2.75, 3.05) is 33.9 Å². The maximum atomic E-state index is 11.6. The van der Waals surface area contributed by atoms with Gasteiger partial charge in [-0.2, -0.15) is 0 Å². The van der Waals surface area contributed by atoms with Crippen molar-refractivity contribution in [1.29, 1.82) is 0 Å². The lowest BCUT2D eigenvalue weighted by molar-refractivity contribution is 0.0588. The summed E-state index contributed by atoms with van der Waals surface area (Å²) in [4.78, 5) is 14.1. The minimum Gasteiger partial charge on any atom is -0.464 e. The van der Waals surface area contributed by atoms with E-state index in [0.717, 1.165) is 19.5 Å². The molecular weight excluding hydrogens is 260 g/mol. The number of nitrogens with zero attached hydrogens (tertiary/aromatic N) is 4. The average Bonchev–Trinajstić information content (AvgIpc) is 3.09. The van der Waals surface area contributed by atoms with Crippen LogP contribution in [-0.2, 0) is 22.6 Å². The fourth-order valence-corrected chi connectivity index (χ4v) is 2.50. The number of carbonyl (C=O) groups excluding carboxylic acids is 1. The molecule has 112 valence electrons. The molecule has 0 aromatic carbocycles. The lowest BCUT2D eigenvalue weighted by atomic mass is 10.3. The highest BCUT2D eigenvalue weighted by Gasteiger charge is 2.20. The highest BCUT2D eigenvalue weighted by Crippen LogP contribution is 2.11. The Kier molecular flexibility index (Phi) is 5.49. The molecule has 0 saturated carbocycles. The number of rotatable bonds is 7. The van der Waals surface area contributed by atoms with Gasteiger partial charge in [-0.3, -0.25) is 0 Å². The number of hydrogen-bond acceptors (Lipinski definition) is 6. The highest BCUT2D eigenvalue weighted by atomic mass is 16.5. The summed E-state index contributed by atoms with van der Waals surface area (Å²) in [6, 6.07) is 0. The topological polar surface area (TPSA) is 69.5 Å². The van der Waals surface area contributed by atoms with E-state index in [1.807, 2.05) is 0 Å². The molecule has 0 aliphatic carbocycles. The fourth-order valence-electron chi connectivity index (χ4n) is 2.50. The summed E-state index contributed by atoms with van der Waals surface area (Å²) < 4.78 is 11.6. The zero-order chi connectivity index (χ0) is 14.4. The van der Waals surface area contributed by atoms with E-state index in [9.17, 15) is 4.79 Å². The van der Waals surface area contributed by atoms with Gasteiger partial charge in [0.2, 0.25) is 0 Å². The van der Waals surface area contributed by atoms with Gasteiger partial charge in [0.25, 0.3) is 0 Å². The summed E-state index contributed by atoms with van der Waals surface area (Å²) in [6.07, 6.45) is 3.58. The summed E-state index contributed by atoms with van der Waals surface area (Å²) in [6.45, 7) is 4.48. The summed E-state index contributed by atoms with van der Waals surface area (Å²) >= 11 is 0. The Balaban J connectivity index is 1.95. The van der Waals surface area contributed by atoms with E-state index in [2.05, 4.69) is 15.2 Å². The van der Waals surface area contributed by atoms with E-state index in [1.54, 1.807) is 11.8 Å². The van der Waals surface area contributed by atoms with Crippen LogP contribution >= 0.6 is 0 Å². The number of methoxy groups -OCH3 is 2. The molecule has 0 unspecified atom stereocenters. The molecule has 2 heterocycles. The van der Waals surface area contributed by atoms with Crippen LogP contribution in [0.15, 0.2) is 0 Å². The molecule has 0 N–H and O–H groups in total. The van der Waals surface area contributed by atoms with Crippen LogP contribution in [0.5, 0.6) is 0 Å². The van der Waals surface area contributed by atoms with Gasteiger partial charge in [-0.1, -0.05) is 5.21 Å². The molecule has 7 nitrogen and oxygen atoms in total. The molecule has 1 saturated heterocycles. The van der Waals surface area contributed by atoms with Crippen molar-refractivity contribution >= 4 is 5.97 Å². The molecule has 2 rings (SSSR count). The van der Waals surface area contributed by atoms with E-state index < -0.39 is 5.97 Å². The van der Waals surface area contributed by atoms with E-state index in [0.29, 0.717) is 12.3 Å². The molecule has 7 heteroatoms. The number of ether oxygens (including phenoxy) is 2. The zero-order valence-corrected chi connectivity index (χ0v) is 12.2. The second-order valence-corrected chi connectivity index (χ2v) is 4.93. The van der Waals surface area contributed by atoms with Crippen molar-refractivity contribution in [1.82, 2.24) is 19.9 Å². The molecule has 0 bridgehead atoms. The van der Waals surface area contributed by atoms with E-state index in [4.69, 9.17) is 9.47 Å². The van der Waals surface area contributed by atoms with Gasteiger partial charge in [-0.15, -0.1) is 5.10 Å². The molecule has 1 aliphatic heterocycles. The number of aromatic nitrogens is 3. The van der Waals surface area contributed by atoms with E-state index in [-0.39, 0.29) is 5.69 Å². The molecule has 1 aromatic heterocycles. The van der Waals surface area contributed by atoms with Gasteiger partial charge in [-0.05, 0) is 38.9 Å². The van der Waals surface area contributed by atoms with Crippen LogP contribution in [0.3, 0.4) is 0 Å². The molecule has 1 aromatic rings. The Hall–Kier alpha value is -1.47. The molecule has 0 amide bonds. The molecule has 0 spiro atoms. The first-order chi connectivity index (χ1) is 9.76. The Morgan fingerprint density at radius 3 is 2.65 bits per heavy atom. The second kappa shape index (κ2) is 7.35. The third kappa shape index (κ3) is 3.55. The summed E-state index contributed by atoms with van der Waals surface area (Å²) in [5.41, 5.74) is 0.927. The van der Waals surface area contributed by atoms with Crippen LogP contribution < -0.4 is 0 Å². The summed E-state index contributed by atoms with van der Waals surface area (Å²) in [5.74, 6) is -0.470. The standard InChI is InChI=1S/C13H22N4O3/c1-19-10-11-12(13(18)20-2)14-15-17(11)9-5-8-16-6-3-4-7-16/h3-10H2,1-2H3. The smallest absolute Gasteiger partial charge is 0.360 e. The number of likely N-dealkylation sites (tertiary alicyclic amines) is 1. The minimum absolute atomic E-state index is 0.246. The van der Waals surface area contributed by atoms with E-state index in [1.165, 1.54) is 33.0 Å². The van der Waals surface area contributed by atoms with Crippen molar-refractivity contribution in [2.24, 2.45) is 0 Å². The number of esters is 1. The van der Waals surface area contributed by atoms with Crippen LogP contribution in [0.25, 0.3) is 0 Å². The van der Waals surface area contributed by atoms with Gasteiger partial charge < -0.3 is 14.4 Å². The van der Waals surface area contributed by atoms with Gasteiger partial charge in [-0.25, -0.2) is 9.48 Å². The van der Waals surface area contributed by atoms with Gasteiger partial charge in [0.05, 0.1) is 19.4 Å². The van der Waals surface area contributed by atoms with Crippen molar-refractivity contribution in [3.8, 4) is 0 Å². The first kappa shape index (κ1) is 14.9. The van der Waals surface area contributed by atoms with Gasteiger partial charge in [0, 0.05) is 13.7 Å². The van der Waals surface area contributed by atoms with Gasteiger partial charge >= 0.3 is 5.97 Å². The van der Waals surface area contributed by atoms with Crippen molar-refractivity contribution in [3.05, 3.63) is 11.4 Å². The van der Waals surface area contributed by atoms with Crippen molar-refractivity contribution < 1.29 is 14.3 Å². The lowest BCUT2D eigenvalue weighted by Gasteiger charge is -2.14. The quantitative estimate of drug-likeness (QED) is 0.686. The van der Waals surface area contributed by atoms with Crippen molar-refractivity contribution in [2.45, 2.75) is 32.4 Å². The van der Waals surface area contributed by atoms with Crippen molar-refractivity contribution in [3.63, 3.8) is 0 Å². The van der Waals surface area contributed by atoms with Crippen LogP contribution in [0.2, 0.25) is 0 Å². The first-order valence-electron chi connectivity index (χ1n) is 6.98. The third-order valence-corrected chi connectivity index (χ3v) is 3.54. The molecule has 1 aliphatic rings. The van der Waals surface area contributed by atoms with Gasteiger partial charge in [0.15, 0.2) is 5.69 Å². The second-order valence-electron chi connectivity index (χ2n) is 4.93. The molecule has 0 atom stereocenters. The number of hydrogen-bond donors (Lipinski definition) is 0. The predicted molar refractivity (Wildman–Crippen MR) is 72.4 cm³/mol. The number of aryl methyl sites for hydroxylation is 1. The Bertz CT molecular complexity index is 441. The SMILES string of the molecule is COCc1c(C(=O)OC)nnn1CCCN1CCCC1. The molecular formula is C13H22N4O3. The Morgan fingerprint density at radius 1 is 1.25 bits per heavy atom. The monoisotopic (exact) mass is 282 g/mol. The minimum atomic E-state index is -0.470. The van der Waals surface area contributed by atoms with E-state index >= 15 is 0 Å². The van der Waals surface area contributed by atoms with Crippen LogP contribution in [0.4, 0.5) is 0 Å². The maximum Gasteiger partial charge on any atom is 0.360 e. The average molecular weight is 282 g/mol. The van der Waals surface area contributed by atoms with Crippen LogP contribution in [0.1, 0.15) is 35.4 Å². The fraction of sp³-hybridized carbons (Fsp3) is 0.769. The largest absolute Gasteiger partial charge is 0.464 e. The normalized spacial score (nSPS) is 15.7. The number of carbonyl (C=O) groups is 1. The molecule has 0 radical (unpaired) electrons. The maximum absolute atomic E-state index is 11.6. The third-order valence-electron chi connectivity index (χ3n) is 3.54. The highest BCUT2D eigenvalue weighted by molar-refractivity contribution is 5.88. The van der Waals surface area contributed by atoms with Crippen LogP contribution in [0, 0.1) is 0 Å². The summed E-state index contributed by atoms with van der Waals surface area (Å²) in [7, 11) is 2.92. The summed E-state index contributed by atoms with van der Waals surface area (Å²) in [5, 5.41) is 7.94. The lowest BCUT2D eigenvalue weighted by Crippen LogP contribution is -2.22. The Labute approximate surface area is 118 Å². The Morgan fingerprint density at radius 2 is 2.00 bits per heavy atom. The zero-order valence-electron chi connectivity index (χ0n) is 12.2. The van der Waals surface area contributed by atoms with Gasteiger partial charge in [0.1, 0.15) is 0 Å². The molecule has 20 heavy (non-hydrogen) atoms. The first-order valence-corrected chi connectivity index (χ1v) is 6.98. The predicted octanol–water partition coefficient (Wildman–Crippen LogP) is 0.697. The van der Waals surface area contributed by atoms with Crippen LogP contribution in [-0.4, -0.2) is 59.7 Å². The molecule has 1 fully saturated rings.